The van der Waals surface area contributed by atoms with Crippen molar-refractivity contribution in [1.29, 1.82) is 0 Å². The second kappa shape index (κ2) is 6.42. The van der Waals surface area contributed by atoms with E-state index < -0.39 is 0 Å². The van der Waals surface area contributed by atoms with Crippen LogP contribution in [0.4, 0.5) is 11.4 Å². The molecule has 0 N–H and O–H groups in total. The van der Waals surface area contributed by atoms with Crippen LogP contribution in [0.3, 0.4) is 0 Å². The Morgan fingerprint density at radius 2 is 1.78 bits per heavy atom. The highest BCUT2D eigenvalue weighted by atomic mass is 35.5. The Labute approximate surface area is 140 Å². The molecule has 1 atom stereocenters. The van der Waals surface area contributed by atoms with Crippen molar-refractivity contribution in [2.24, 2.45) is 5.92 Å². The SMILES string of the molecule is CN(C(=O)C1CC(=O)N(c2ccc(Cl)cc2)C1)c1ccccc1. The first-order valence-electron chi connectivity index (χ1n) is 7.45. The molecular weight excluding hydrogens is 312 g/mol. The standard InChI is InChI=1S/C18H17ClN2O2/c1-20(15-5-3-2-4-6-15)18(23)13-11-17(22)21(12-13)16-9-7-14(19)8-10-16/h2-10,13H,11-12H2,1H3. The third-order valence-corrected chi connectivity index (χ3v) is 4.34. The lowest BCUT2D eigenvalue weighted by Crippen LogP contribution is -2.34. The van der Waals surface area contributed by atoms with Crippen LogP contribution < -0.4 is 9.80 Å². The fourth-order valence-electron chi connectivity index (χ4n) is 2.80. The predicted molar refractivity (Wildman–Crippen MR) is 91.8 cm³/mol. The number of benzene rings is 2. The zero-order chi connectivity index (χ0) is 16.4. The van der Waals surface area contributed by atoms with Gasteiger partial charge in [0.05, 0.1) is 5.92 Å². The summed E-state index contributed by atoms with van der Waals surface area (Å²) in [5, 5.41) is 0.622. The summed E-state index contributed by atoms with van der Waals surface area (Å²) in [4.78, 5) is 28.2. The van der Waals surface area contributed by atoms with Gasteiger partial charge in [-0.1, -0.05) is 29.8 Å². The molecule has 2 amide bonds. The van der Waals surface area contributed by atoms with Crippen LogP contribution in [0.2, 0.25) is 5.02 Å². The fourth-order valence-corrected chi connectivity index (χ4v) is 2.92. The fraction of sp³-hybridized carbons (Fsp3) is 0.222. The van der Waals surface area contributed by atoms with Gasteiger partial charge in [0, 0.05) is 36.4 Å². The number of rotatable bonds is 3. The Hall–Kier alpha value is -2.33. The van der Waals surface area contributed by atoms with Crippen LogP contribution >= 0.6 is 11.6 Å². The monoisotopic (exact) mass is 328 g/mol. The molecule has 1 heterocycles. The van der Waals surface area contributed by atoms with Gasteiger partial charge in [-0.15, -0.1) is 0 Å². The zero-order valence-electron chi connectivity index (χ0n) is 12.8. The smallest absolute Gasteiger partial charge is 0.232 e. The topological polar surface area (TPSA) is 40.6 Å². The summed E-state index contributed by atoms with van der Waals surface area (Å²) in [5.74, 6) is -0.406. The van der Waals surface area contributed by atoms with Crippen LogP contribution in [-0.4, -0.2) is 25.4 Å². The number of anilines is 2. The lowest BCUT2D eigenvalue weighted by atomic mass is 10.1. The molecule has 1 aliphatic heterocycles. The van der Waals surface area contributed by atoms with Crippen molar-refractivity contribution in [3.8, 4) is 0 Å². The molecular formula is C18H17ClN2O2. The minimum atomic E-state index is -0.330. The number of hydrogen-bond acceptors (Lipinski definition) is 2. The van der Waals surface area contributed by atoms with Gasteiger partial charge in [-0.3, -0.25) is 9.59 Å². The van der Waals surface area contributed by atoms with Crippen LogP contribution in [0.25, 0.3) is 0 Å². The molecule has 0 bridgehead atoms. The third-order valence-electron chi connectivity index (χ3n) is 4.09. The van der Waals surface area contributed by atoms with Gasteiger partial charge in [0.25, 0.3) is 0 Å². The molecule has 1 saturated heterocycles. The molecule has 1 fully saturated rings. The molecule has 4 nitrogen and oxygen atoms in total. The van der Waals surface area contributed by atoms with Gasteiger partial charge in [0.2, 0.25) is 11.8 Å². The molecule has 1 aliphatic rings. The van der Waals surface area contributed by atoms with Gasteiger partial charge in [0.1, 0.15) is 0 Å². The summed E-state index contributed by atoms with van der Waals surface area (Å²) in [5.41, 5.74) is 1.60. The van der Waals surface area contributed by atoms with E-state index in [1.54, 1.807) is 41.1 Å². The normalized spacial score (nSPS) is 17.4. The van der Waals surface area contributed by atoms with E-state index in [1.807, 2.05) is 30.3 Å². The van der Waals surface area contributed by atoms with Crippen molar-refractivity contribution in [1.82, 2.24) is 0 Å². The van der Waals surface area contributed by atoms with Gasteiger partial charge in [0.15, 0.2) is 0 Å². The quantitative estimate of drug-likeness (QED) is 0.867. The highest BCUT2D eigenvalue weighted by molar-refractivity contribution is 6.30. The zero-order valence-corrected chi connectivity index (χ0v) is 13.5. The van der Waals surface area contributed by atoms with Crippen molar-refractivity contribution in [3.05, 3.63) is 59.6 Å². The van der Waals surface area contributed by atoms with E-state index in [0.717, 1.165) is 11.4 Å². The highest BCUT2D eigenvalue weighted by Crippen LogP contribution is 2.28. The first-order valence-corrected chi connectivity index (χ1v) is 7.82. The van der Waals surface area contributed by atoms with Crippen molar-refractivity contribution < 1.29 is 9.59 Å². The van der Waals surface area contributed by atoms with Gasteiger partial charge < -0.3 is 9.80 Å². The molecule has 2 aromatic rings. The number of amides is 2. The first kappa shape index (κ1) is 15.6. The molecule has 0 spiro atoms. The first-order chi connectivity index (χ1) is 11.1. The molecule has 23 heavy (non-hydrogen) atoms. The second-order valence-electron chi connectivity index (χ2n) is 5.61. The average Bonchev–Trinajstić information content (AvgIpc) is 2.97. The molecule has 5 heteroatoms. The van der Waals surface area contributed by atoms with Crippen molar-refractivity contribution >= 4 is 34.8 Å². The van der Waals surface area contributed by atoms with E-state index in [1.165, 1.54) is 0 Å². The largest absolute Gasteiger partial charge is 0.315 e. The molecule has 118 valence electrons. The Kier molecular flexibility index (Phi) is 4.35. The Bertz CT molecular complexity index is 716. The van der Waals surface area contributed by atoms with Crippen LogP contribution in [0, 0.1) is 5.92 Å². The average molecular weight is 329 g/mol. The summed E-state index contributed by atoms with van der Waals surface area (Å²) in [6.07, 6.45) is 0.235. The minimum absolute atomic E-state index is 0.0351. The maximum absolute atomic E-state index is 12.6. The number of para-hydroxylation sites is 1. The van der Waals surface area contributed by atoms with Crippen molar-refractivity contribution in [3.63, 3.8) is 0 Å². The van der Waals surface area contributed by atoms with Crippen LogP contribution in [0.5, 0.6) is 0 Å². The predicted octanol–water partition coefficient (Wildman–Crippen LogP) is 3.36. The Morgan fingerprint density at radius 3 is 2.43 bits per heavy atom. The van der Waals surface area contributed by atoms with E-state index in [4.69, 9.17) is 11.6 Å². The van der Waals surface area contributed by atoms with Gasteiger partial charge in [-0.25, -0.2) is 0 Å². The molecule has 0 radical (unpaired) electrons. The second-order valence-corrected chi connectivity index (χ2v) is 6.05. The van der Waals surface area contributed by atoms with Crippen LogP contribution in [0.1, 0.15) is 6.42 Å². The molecule has 1 unspecified atom stereocenters. The Morgan fingerprint density at radius 1 is 1.13 bits per heavy atom. The number of halogens is 1. The van der Waals surface area contributed by atoms with Gasteiger partial charge in [-0.2, -0.15) is 0 Å². The van der Waals surface area contributed by atoms with Crippen LogP contribution in [-0.2, 0) is 9.59 Å². The van der Waals surface area contributed by atoms with Gasteiger partial charge >= 0.3 is 0 Å². The lowest BCUT2D eigenvalue weighted by Gasteiger charge is -2.21. The highest BCUT2D eigenvalue weighted by Gasteiger charge is 2.36. The lowest BCUT2D eigenvalue weighted by molar-refractivity contribution is -0.124. The van der Waals surface area contributed by atoms with Gasteiger partial charge in [-0.05, 0) is 36.4 Å². The number of carbonyl (C=O) groups excluding carboxylic acids is 2. The summed E-state index contributed by atoms with van der Waals surface area (Å²) >= 11 is 5.88. The number of carbonyl (C=O) groups is 2. The summed E-state index contributed by atoms with van der Waals surface area (Å²) in [6, 6.07) is 16.5. The molecule has 2 aromatic carbocycles. The maximum atomic E-state index is 12.6. The van der Waals surface area contributed by atoms with E-state index in [0.29, 0.717) is 11.6 Å². The summed E-state index contributed by atoms with van der Waals surface area (Å²) in [6.45, 7) is 0.399. The molecule has 0 saturated carbocycles. The van der Waals surface area contributed by atoms with E-state index >= 15 is 0 Å². The number of hydrogen-bond donors (Lipinski definition) is 0. The number of nitrogens with zero attached hydrogens (tertiary/aromatic N) is 2. The molecule has 3 rings (SSSR count). The third kappa shape index (κ3) is 3.22. The Balaban J connectivity index is 1.74. The van der Waals surface area contributed by atoms with E-state index in [9.17, 15) is 9.59 Å². The minimum Gasteiger partial charge on any atom is -0.315 e. The summed E-state index contributed by atoms with van der Waals surface area (Å²) < 4.78 is 0. The van der Waals surface area contributed by atoms with Crippen molar-refractivity contribution in [2.75, 3.05) is 23.4 Å². The summed E-state index contributed by atoms with van der Waals surface area (Å²) in [7, 11) is 1.74. The molecule has 0 aromatic heterocycles. The maximum Gasteiger partial charge on any atom is 0.232 e. The van der Waals surface area contributed by atoms with Crippen molar-refractivity contribution in [2.45, 2.75) is 6.42 Å². The van der Waals surface area contributed by atoms with E-state index in [2.05, 4.69) is 0 Å². The van der Waals surface area contributed by atoms with E-state index in [-0.39, 0.29) is 24.2 Å². The van der Waals surface area contributed by atoms with Crippen LogP contribution in [0.15, 0.2) is 54.6 Å². The molecule has 0 aliphatic carbocycles.